The van der Waals surface area contributed by atoms with Crippen molar-refractivity contribution in [2.75, 3.05) is 5.73 Å². The van der Waals surface area contributed by atoms with Crippen LogP contribution in [0.15, 0.2) is 50.9 Å². The van der Waals surface area contributed by atoms with Crippen molar-refractivity contribution < 1.29 is 4.39 Å². The van der Waals surface area contributed by atoms with Gasteiger partial charge in [0.1, 0.15) is 10.8 Å². The number of nitrogens with zero attached hydrogens (tertiary/aromatic N) is 1. The summed E-state index contributed by atoms with van der Waals surface area (Å²) in [5.74, 6) is -0.326. The first-order chi connectivity index (χ1) is 7.66. The molecule has 0 fully saturated rings. The molecule has 2 N–H and O–H groups in total. The Labute approximate surface area is 105 Å². The first-order valence-electron chi connectivity index (χ1n) is 4.50. The molecule has 0 aliphatic carbocycles. The van der Waals surface area contributed by atoms with Crippen molar-refractivity contribution in [3.05, 3.63) is 46.8 Å². The third kappa shape index (κ3) is 2.54. The van der Waals surface area contributed by atoms with E-state index in [9.17, 15) is 4.39 Å². The van der Waals surface area contributed by atoms with Crippen LogP contribution in [0.2, 0.25) is 0 Å². The highest BCUT2D eigenvalue weighted by Crippen LogP contribution is 2.33. The first kappa shape index (κ1) is 11.4. The van der Waals surface area contributed by atoms with Crippen molar-refractivity contribution in [2.24, 2.45) is 0 Å². The molecule has 2 aromatic rings. The molecule has 0 unspecified atom stereocenters. The van der Waals surface area contributed by atoms with Crippen LogP contribution < -0.4 is 5.73 Å². The number of halogens is 2. The quantitative estimate of drug-likeness (QED) is 0.859. The summed E-state index contributed by atoms with van der Waals surface area (Å²) < 4.78 is 13.7. The van der Waals surface area contributed by atoms with Crippen molar-refractivity contribution in [3.63, 3.8) is 0 Å². The van der Waals surface area contributed by atoms with E-state index in [0.717, 1.165) is 5.03 Å². The second-order valence-corrected chi connectivity index (χ2v) is 4.99. The van der Waals surface area contributed by atoms with Gasteiger partial charge in [0.25, 0.3) is 0 Å². The SMILES string of the molecule is Nc1cc(Br)c(F)cc1Sc1ccccn1. The predicted octanol–water partition coefficient (Wildman–Crippen LogP) is 3.72. The monoisotopic (exact) mass is 298 g/mol. The molecule has 0 saturated heterocycles. The van der Waals surface area contributed by atoms with Gasteiger partial charge in [-0.15, -0.1) is 0 Å². The molecular weight excluding hydrogens is 291 g/mol. The summed E-state index contributed by atoms with van der Waals surface area (Å²) in [6.45, 7) is 0. The minimum Gasteiger partial charge on any atom is -0.398 e. The molecule has 82 valence electrons. The Morgan fingerprint density at radius 2 is 2.12 bits per heavy atom. The molecule has 0 amide bonds. The maximum absolute atomic E-state index is 13.3. The molecule has 0 saturated carbocycles. The lowest BCUT2D eigenvalue weighted by Gasteiger charge is -2.05. The number of hydrogen-bond acceptors (Lipinski definition) is 3. The van der Waals surface area contributed by atoms with Crippen LogP contribution in [0.25, 0.3) is 0 Å². The van der Waals surface area contributed by atoms with Gasteiger partial charge >= 0.3 is 0 Å². The molecule has 0 bridgehead atoms. The van der Waals surface area contributed by atoms with Gasteiger partial charge in [-0.1, -0.05) is 17.8 Å². The molecule has 1 heterocycles. The van der Waals surface area contributed by atoms with E-state index >= 15 is 0 Å². The summed E-state index contributed by atoms with van der Waals surface area (Å²) in [5, 5.41) is 0.788. The van der Waals surface area contributed by atoms with Gasteiger partial charge in [-0.3, -0.25) is 0 Å². The Hall–Kier alpha value is -1.07. The van der Waals surface area contributed by atoms with Crippen LogP contribution in [0.3, 0.4) is 0 Å². The minimum absolute atomic E-state index is 0.326. The fraction of sp³-hybridized carbons (Fsp3) is 0. The van der Waals surface area contributed by atoms with Crippen LogP contribution in [0.5, 0.6) is 0 Å². The van der Waals surface area contributed by atoms with E-state index in [1.54, 1.807) is 12.3 Å². The molecule has 0 spiro atoms. The molecule has 0 aliphatic heterocycles. The number of nitrogens with two attached hydrogens (primary N) is 1. The Morgan fingerprint density at radius 3 is 2.81 bits per heavy atom. The van der Waals surface area contributed by atoms with E-state index in [1.165, 1.54) is 17.8 Å². The first-order valence-corrected chi connectivity index (χ1v) is 6.11. The van der Waals surface area contributed by atoms with Gasteiger partial charge in [0, 0.05) is 16.8 Å². The molecule has 1 aromatic heterocycles. The Bertz CT molecular complexity index is 505. The topological polar surface area (TPSA) is 38.9 Å². The van der Waals surface area contributed by atoms with E-state index in [1.807, 2.05) is 18.2 Å². The van der Waals surface area contributed by atoms with E-state index in [0.29, 0.717) is 15.1 Å². The highest BCUT2D eigenvalue weighted by Gasteiger charge is 2.07. The zero-order chi connectivity index (χ0) is 11.5. The summed E-state index contributed by atoms with van der Waals surface area (Å²) in [4.78, 5) is 4.81. The van der Waals surface area contributed by atoms with Gasteiger partial charge in [-0.2, -0.15) is 0 Å². The van der Waals surface area contributed by atoms with Crippen LogP contribution in [-0.2, 0) is 0 Å². The van der Waals surface area contributed by atoms with Crippen molar-refractivity contribution >= 4 is 33.4 Å². The molecule has 16 heavy (non-hydrogen) atoms. The van der Waals surface area contributed by atoms with Gasteiger partial charge in [0.15, 0.2) is 0 Å². The molecule has 2 rings (SSSR count). The Balaban J connectivity index is 2.32. The third-order valence-corrected chi connectivity index (χ3v) is 3.54. The van der Waals surface area contributed by atoms with Crippen LogP contribution in [0, 0.1) is 5.82 Å². The summed E-state index contributed by atoms with van der Waals surface area (Å²) in [5.41, 5.74) is 6.32. The van der Waals surface area contributed by atoms with E-state index in [-0.39, 0.29) is 5.82 Å². The van der Waals surface area contributed by atoms with Gasteiger partial charge < -0.3 is 5.73 Å². The van der Waals surface area contributed by atoms with Crippen LogP contribution >= 0.6 is 27.7 Å². The fourth-order valence-electron chi connectivity index (χ4n) is 1.15. The molecule has 2 nitrogen and oxygen atoms in total. The zero-order valence-corrected chi connectivity index (χ0v) is 10.6. The summed E-state index contributed by atoms with van der Waals surface area (Å²) in [6, 6.07) is 8.51. The van der Waals surface area contributed by atoms with Crippen molar-refractivity contribution in [3.8, 4) is 0 Å². The molecular formula is C11H8BrFN2S. The van der Waals surface area contributed by atoms with E-state index in [2.05, 4.69) is 20.9 Å². The average Bonchev–Trinajstić information content (AvgIpc) is 2.27. The minimum atomic E-state index is -0.326. The van der Waals surface area contributed by atoms with Crippen molar-refractivity contribution in [1.82, 2.24) is 4.98 Å². The molecule has 0 radical (unpaired) electrons. The molecule has 0 aliphatic rings. The maximum atomic E-state index is 13.3. The number of nitrogen functional groups attached to an aromatic ring is 1. The van der Waals surface area contributed by atoms with Crippen molar-refractivity contribution in [1.29, 1.82) is 0 Å². The maximum Gasteiger partial charge on any atom is 0.138 e. The molecule has 0 atom stereocenters. The van der Waals surface area contributed by atoms with Gasteiger partial charge in [-0.25, -0.2) is 9.37 Å². The third-order valence-electron chi connectivity index (χ3n) is 1.90. The highest BCUT2D eigenvalue weighted by atomic mass is 79.9. The second-order valence-electron chi connectivity index (χ2n) is 3.07. The number of pyridine rings is 1. The van der Waals surface area contributed by atoms with Crippen LogP contribution in [-0.4, -0.2) is 4.98 Å². The van der Waals surface area contributed by atoms with Gasteiger partial charge in [-0.05, 0) is 40.2 Å². The normalized spacial score (nSPS) is 10.4. The van der Waals surface area contributed by atoms with Gasteiger partial charge in [0.2, 0.25) is 0 Å². The average molecular weight is 299 g/mol. The Morgan fingerprint density at radius 1 is 1.31 bits per heavy atom. The summed E-state index contributed by atoms with van der Waals surface area (Å²) in [6.07, 6.45) is 1.69. The fourth-order valence-corrected chi connectivity index (χ4v) is 2.34. The Kier molecular flexibility index (Phi) is 3.46. The van der Waals surface area contributed by atoms with Crippen molar-refractivity contribution in [2.45, 2.75) is 9.92 Å². The second kappa shape index (κ2) is 4.84. The standard InChI is InChI=1S/C11H8BrFN2S/c12-7-5-9(14)10(6-8(7)13)16-11-3-1-2-4-15-11/h1-6H,14H2. The highest BCUT2D eigenvalue weighted by molar-refractivity contribution is 9.10. The van der Waals surface area contributed by atoms with Crippen LogP contribution in [0.4, 0.5) is 10.1 Å². The lowest BCUT2D eigenvalue weighted by Crippen LogP contribution is -1.91. The summed E-state index contributed by atoms with van der Waals surface area (Å²) >= 11 is 4.43. The smallest absolute Gasteiger partial charge is 0.138 e. The van der Waals surface area contributed by atoms with Gasteiger partial charge in [0.05, 0.1) is 4.47 Å². The number of benzene rings is 1. The number of rotatable bonds is 2. The lowest BCUT2D eigenvalue weighted by molar-refractivity contribution is 0.618. The summed E-state index contributed by atoms with van der Waals surface area (Å²) in [7, 11) is 0. The zero-order valence-electron chi connectivity index (χ0n) is 8.15. The number of aromatic nitrogens is 1. The number of hydrogen-bond donors (Lipinski definition) is 1. The van der Waals surface area contributed by atoms with E-state index in [4.69, 9.17) is 5.73 Å². The number of anilines is 1. The lowest BCUT2D eigenvalue weighted by atomic mass is 10.3. The molecule has 1 aromatic carbocycles. The van der Waals surface area contributed by atoms with Crippen LogP contribution in [0.1, 0.15) is 0 Å². The van der Waals surface area contributed by atoms with E-state index < -0.39 is 0 Å². The molecule has 5 heteroatoms. The predicted molar refractivity (Wildman–Crippen MR) is 66.9 cm³/mol. The largest absolute Gasteiger partial charge is 0.398 e.